The number of hydrogen-bond acceptors (Lipinski definition) is 4. The van der Waals surface area contributed by atoms with Gasteiger partial charge in [-0.15, -0.1) is 0 Å². The number of nitrogens with one attached hydrogen (secondary N) is 1. The molecule has 1 heterocycles. The van der Waals surface area contributed by atoms with Gasteiger partial charge in [0, 0.05) is 5.92 Å². The van der Waals surface area contributed by atoms with Crippen molar-refractivity contribution in [3.63, 3.8) is 0 Å². The van der Waals surface area contributed by atoms with E-state index in [4.69, 9.17) is 5.73 Å². The van der Waals surface area contributed by atoms with Crippen molar-refractivity contribution in [3.05, 3.63) is 12.2 Å². The zero-order valence-corrected chi connectivity index (χ0v) is 13.1. The van der Waals surface area contributed by atoms with Crippen LogP contribution in [-0.4, -0.2) is 24.6 Å². The van der Waals surface area contributed by atoms with Crippen LogP contribution in [0.15, 0.2) is 12.2 Å². The molecule has 3 aliphatic rings. The Morgan fingerprint density at radius 2 is 1.86 bits per heavy atom. The van der Waals surface area contributed by atoms with Crippen molar-refractivity contribution in [2.24, 2.45) is 11.7 Å². The zero-order chi connectivity index (χ0) is 15.1. The Morgan fingerprint density at radius 3 is 2.57 bits per heavy atom. The normalized spacial score (nSPS) is 38.1. The number of allylic oxidation sites excluding steroid dienone is 1. The fourth-order valence-corrected chi connectivity index (χ4v) is 4.95. The van der Waals surface area contributed by atoms with Crippen LogP contribution in [-0.2, 0) is 14.8 Å². The summed E-state index contributed by atoms with van der Waals surface area (Å²) in [6, 6.07) is 0. The molecular formula is C15H24N2O3S. The average molecular weight is 312 g/mol. The topological polar surface area (TPSA) is 89.3 Å². The van der Waals surface area contributed by atoms with Gasteiger partial charge in [0.15, 0.2) is 0 Å². The van der Waals surface area contributed by atoms with E-state index < -0.39 is 26.2 Å². The maximum atomic E-state index is 12.5. The molecule has 0 radical (unpaired) electrons. The van der Waals surface area contributed by atoms with Crippen LogP contribution in [0, 0.1) is 5.92 Å². The molecule has 118 valence electrons. The molecule has 0 saturated heterocycles. The first-order valence-corrected chi connectivity index (χ1v) is 9.40. The Labute approximate surface area is 126 Å². The SMILES string of the molecule is N[C@]12C[C@H]1C=CCCCCCCC1(CC1)S(=O)(=O)NC2=O. The van der Waals surface area contributed by atoms with Crippen LogP contribution in [0.25, 0.3) is 0 Å². The van der Waals surface area contributed by atoms with Gasteiger partial charge >= 0.3 is 0 Å². The molecular weight excluding hydrogens is 288 g/mol. The highest BCUT2D eigenvalue weighted by Gasteiger charge is 2.60. The van der Waals surface area contributed by atoms with Gasteiger partial charge in [-0.3, -0.25) is 9.52 Å². The van der Waals surface area contributed by atoms with Gasteiger partial charge in [0.25, 0.3) is 5.91 Å². The van der Waals surface area contributed by atoms with Crippen molar-refractivity contribution in [2.45, 2.75) is 68.1 Å². The number of carbonyl (C=O) groups excluding carboxylic acids is 1. The van der Waals surface area contributed by atoms with E-state index in [0.717, 1.165) is 32.1 Å². The number of hydrogen-bond donors (Lipinski definition) is 2. The molecule has 2 fully saturated rings. The quantitative estimate of drug-likeness (QED) is 0.665. The zero-order valence-electron chi connectivity index (χ0n) is 12.3. The van der Waals surface area contributed by atoms with Crippen molar-refractivity contribution in [1.82, 2.24) is 4.72 Å². The Hall–Kier alpha value is -0.880. The van der Waals surface area contributed by atoms with Gasteiger partial charge in [0.05, 0.1) is 4.75 Å². The molecule has 1 spiro atoms. The molecule has 0 aromatic heterocycles. The minimum atomic E-state index is -3.60. The maximum absolute atomic E-state index is 12.5. The van der Waals surface area contributed by atoms with Crippen LogP contribution < -0.4 is 10.5 Å². The van der Waals surface area contributed by atoms with Crippen molar-refractivity contribution in [1.29, 1.82) is 0 Å². The van der Waals surface area contributed by atoms with Gasteiger partial charge < -0.3 is 5.73 Å². The van der Waals surface area contributed by atoms with Crippen LogP contribution in [0.5, 0.6) is 0 Å². The smallest absolute Gasteiger partial charge is 0.254 e. The molecule has 0 aromatic rings. The second kappa shape index (κ2) is 5.09. The van der Waals surface area contributed by atoms with Crippen molar-refractivity contribution in [2.75, 3.05) is 0 Å². The lowest BCUT2D eigenvalue weighted by molar-refractivity contribution is -0.121. The van der Waals surface area contributed by atoms with Crippen LogP contribution in [0.4, 0.5) is 0 Å². The molecule has 0 aromatic carbocycles. The van der Waals surface area contributed by atoms with E-state index >= 15 is 0 Å². The predicted octanol–water partition coefficient (Wildman–Crippen LogP) is 1.59. The summed E-state index contributed by atoms with van der Waals surface area (Å²) in [5.74, 6) is -0.550. The molecule has 1 aliphatic heterocycles. The van der Waals surface area contributed by atoms with Gasteiger partial charge in [0.1, 0.15) is 5.54 Å². The van der Waals surface area contributed by atoms with Crippen LogP contribution >= 0.6 is 0 Å². The third-order valence-corrected chi connectivity index (χ3v) is 7.41. The minimum absolute atomic E-state index is 0.0224. The van der Waals surface area contributed by atoms with Crippen molar-refractivity contribution < 1.29 is 13.2 Å². The first kappa shape index (κ1) is 15.0. The Morgan fingerprint density at radius 1 is 1.14 bits per heavy atom. The summed E-state index contributed by atoms with van der Waals surface area (Å²) in [5, 5.41) is 0. The molecule has 3 rings (SSSR count). The summed E-state index contributed by atoms with van der Waals surface area (Å²) in [6.07, 6.45) is 11.8. The van der Waals surface area contributed by atoms with E-state index in [1.54, 1.807) is 0 Å². The van der Waals surface area contributed by atoms with E-state index in [2.05, 4.69) is 10.8 Å². The maximum Gasteiger partial charge on any atom is 0.254 e. The minimum Gasteiger partial charge on any atom is -0.317 e. The number of nitrogens with two attached hydrogens (primary N) is 1. The number of amides is 1. The molecule has 2 aliphatic carbocycles. The van der Waals surface area contributed by atoms with Gasteiger partial charge in [-0.1, -0.05) is 31.4 Å². The van der Waals surface area contributed by atoms with E-state index in [1.807, 2.05) is 6.08 Å². The first-order chi connectivity index (χ1) is 9.90. The lowest BCUT2D eigenvalue weighted by atomic mass is 10.1. The summed E-state index contributed by atoms with van der Waals surface area (Å²) in [7, 11) is -3.60. The highest BCUT2D eigenvalue weighted by molar-refractivity contribution is 7.91. The molecule has 0 unspecified atom stereocenters. The van der Waals surface area contributed by atoms with Crippen LogP contribution in [0.3, 0.4) is 0 Å². The summed E-state index contributed by atoms with van der Waals surface area (Å²) >= 11 is 0. The number of rotatable bonds is 0. The van der Waals surface area contributed by atoms with E-state index in [1.165, 1.54) is 0 Å². The lowest BCUT2D eigenvalue weighted by Gasteiger charge is -2.19. The molecule has 1 amide bonds. The number of fused-ring (bicyclic) bond motifs is 1. The van der Waals surface area contributed by atoms with Crippen LogP contribution in [0.1, 0.15) is 57.8 Å². The molecule has 21 heavy (non-hydrogen) atoms. The highest BCUT2D eigenvalue weighted by atomic mass is 32.2. The van der Waals surface area contributed by atoms with Crippen LogP contribution in [0.2, 0.25) is 0 Å². The van der Waals surface area contributed by atoms with Gasteiger partial charge in [-0.2, -0.15) is 0 Å². The molecule has 2 atom stereocenters. The van der Waals surface area contributed by atoms with E-state index in [-0.39, 0.29) is 5.92 Å². The molecule has 2 saturated carbocycles. The lowest BCUT2D eigenvalue weighted by Crippen LogP contribution is -2.49. The van der Waals surface area contributed by atoms with Gasteiger partial charge in [-0.05, 0) is 38.5 Å². The summed E-state index contributed by atoms with van der Waals surface area (Å²) in [4.78, 5) is 12.2. The molecule has 0 bridgehead atoms. The van der Waals surface area contributed by atoms with Crippen molar-refractivity contribution in [3.8, 4) is 0 Å². The van der Waals surface area contributed by atoms with Gasteiger partial charge in [-0.25, -0.2) is 8.42 Å². The summed E-state index contributed by atoms with van der Waals surface area (Å²) < 4.78 is 26.5. The fraction of sp³-hybridized carbons (Fsp3) is 0.800. The molecule has 3 N–H and O–H groups in total. The molecule has 6 heteroatoms. The van der Waals surface area contributed by atoms with E-state index in [9.17, 15) is 13.2 Å². The molecule has 5 nitrogen and oxygen atoms in total. The third-order valence-electron chi connectivity index (χ3n) is 5.21. The summed E-state index contributed by atoms with van der Waals surface area (Å²) in [5.41, 5.74) is 5.02. The fourth-order valence-electron chi connectivity index (χ4n) is 3.25. The Bertz CT molecular complexity index is 565. The second-order valence-corrected chi connectivity index (χ2v) is 8.93. The first-order valence-electron chi connectivity index (χ1n) is 7.92. The third kappa shape index (κ3) is 2.75. The summed E-state index contributed by atoms with van der Waals surface area (Å²) in [6.45, 7) is 0. The highest BCUT2D eigenvalue weighted by Crippen LogP contribution is 2.48. The van der Waals surface area contributed by atoms with Gasteiger partial charge in [0.2, 0.25) is 10.0 Å². The van der Waals surface area contributed by atoms with E-state index in [0.29, 0.717) is 25.7 Å². The average Bonchev–Trinajstić information content (AvgIpc) is 3.29. The Balaban J connectivity index is 1.78. The van der Waals surface area contributed by atoms with Crippen molar-refractivity contribution >= 4 is 15.9 Å². The predicted molar refractivity (Wildman–Crippen MR) is 80.9 cm³/mol. The monoisotopic (exact) mass is 312 g/mol. The largest absolute Gasteiger partial charge is 0.317 e. The Kier molecular flexibility index (Phi) is 3.64. The second-order valence-electron chi connectivity index (χ2n) is 6.85. The number of carbonyl (C=O) groups is 1. The number of sulfonamides is 1. The standard InChI is InChI=1S/C15H24N2O3S/c16-15-11-12(15)7-5-3-1-2-4-6-8-14(9-10-14)21(19,20)17-13(15)18/h5,7,12H,1-4,6,8-11,16H2,(H,17,18)/t12-,15-/m1/s1.